The molecule has 0 atom stereocenters. The van der Waals surface area contributed by atoms with Gasteiger partial charge in [0.25, 0.3) is 0 Å². The summed E-state index contributed by atoms with van der Waals surface area (Å²) in [5, 5.41) is 0. The van der Waals surface area contributed by atoms with Gasteiger partial charge in [0.1, 0.15) is 11.2 Å². The first-order chi connectivity index (χ1) is 10.8. The maximum absolute atomic E-state index is 12.1. The monoisotopic (exact) mass is 319 g/mol. The number of methoxy groups -OCH3 is 1. The summed E-state index contributed by atoms with van der Waals surface area (Å²) in [5.41, 5.74) is 0.346. The minimum absolute atomic E-state index is 0.245. The number of likely N-dealkylation sites (tertiary alicyclic amines) is 1. The zero-order chi connectivity index (χ0) is 16.9. The Kier molecular flexibility index (Phi) is 5.75. The molecular weight excluding hydrogens is 290 g/mol. The van der Waals surface area contributed by atoms with Gasteiger partial charge < -0.3 is 14.4 Å². The number of allylic oxidation sites excluding steroid dienone is 2. The van der Waals surface area contributed by atoms with Crippen molar-refractivity contribution in [1.29, 1.82) is 0 Å². The van der Waals surface area contributed by atoms with Crippen LogP contribution < -0.4 is 0 Å². The van der Waals surface area contributed by atoms with Gasteiger partial charge in [0, 0.05) is 33.0 Å². The Labute approximate surface area is 140 Å². The molecule has 1 aliphatic carbocycles. The number of hydrogen-bond donors (Lipinski definition) is 0. The Morgan fingerprint density at radius 3 is 2.48 bits per heavy atom. The maximum atomic E-state index is 12.1. The van der Waals surface area contributed by atoms with Gasteiger partial charge in [-0.2, -0.15) is 0 Å². The highest BCUT2D eigenvalue weighted by Crippen LogP contribution is 2.27. The SMILES string of the molecule is COC1(C#CC2=CCCCC2)CCN(C(=O)OC(C)(C)C)CC1. The molecule has 1 amide bonds. The number of hydrogen-bond acceptors (Lipinski definition) is 3. The fourth-order valence-corrected chi connectivity index (χ4v) is 2.90. The Balaban J connectivity index is 1.95. The van der Waals surface area contributed by atoms with Crippen molar-refractivity contribution < 1.29 is 14.3 Å². The molecule has 0 spiro atoms. The highest BCUT2D eigenvalue weighted by Gasteiger charge is 2.36. The number of ether oxygens (including phenoxy) is 2. The minimum Gasteiger partial charge on any atom is -0.444 e. The number of carbonyl (C=O) groups is 1. The van der Waals surface area contributed by atoms with Crippen molar-refractivity contribution in [1.82, 2.24) is 4.90 Å². The molecule has 0 aromatic carbocycles. The molecule has 2 rings (SSSR count). The first-order valence-electron chi connectivity index (χ1n) is 8.59. The Bertz CT molecular complexity index is 511. The summed E-state index contributed by atoms with van der Waals surface area (Å²) >= 11 is 0. The molecule has 0 N–H and O–H groups in total. The molecule has 4 heteroatoms. The number of piperidine rings is 1. The second kappa shape index (κ2) is 7.40. The molecule has 0 radical (unpaired) electrons. The topological polar surface area (TPSA) is 38.8 Å². The summed E-state index contributed by atoms with van der Waals surface area (Å²) in [5.74, 6) is 6.66. The van der Waals surface area contributed by atoms with Crippen LogP contribution in [0.4, 0.5) is 4.79 Å². The summed E-state index contributed by atoms with van der Waals surface area (Å²) in [4.78, 5) is 13.9. The summed E-state index contributed by atoms with van der Waals surface area (Å²) in [6.45, 7) is 6.90. The first-order valence-corrected chi connectivity index (χ1v) is 8.59. The van der Waals surface area contributed by atoms with Crippen molar-refractivity contribution in [2.45, 2.75) is 70.5 Å². The molecule has 0 bridgehead atoms. The van der Waals surface area contributed by atoms with E-state index in [2.05, 4.69) is 17.9 Å². The van der Waals surface area contributed by atoms with Gasteiger partial charge in [-0.1, -0.05) is 17.9 Å². The quantitative estimate of drug-likeness (QED) is 0.688. The molecule has 1 saturated heterocycles. The molecule has 1 fully saturated rings. The number of amides is 1. The molecule has 2 aliphatic rings. The van der Waals surface area contributed by atoms with E-state index < -0.39 is 11.2 Å². The standard InChI is InChI=1S/C19H29NO3/c1-18(2,3)23-17(21)20-14-12-19(22-4,13-15-20)11-10-16-8-6-5-7-9-16/h8H,5-7,9,12-15H2,1-4H3. The summed E-state index contributed by atoms with van der Waals surface area (Å²) in [7, 11) is 1.72. The van der Waals surface area contributed by atoms with Crippen LogP contribution in [0.15, 0.2) is 11.6 Å². The van der Waals surface area contributed by atoms with E-state index in [0.29, 0.717) is 13.1 Å². The van der Waals surface area contributed by atoms with E-state index in [-0.39, 0.29) is 6.09 Å². The molecule has 23 heavy (non-hydrogen) atoms. The molecule has 0 unspecified atom stereocenters. The average Bonchev–Trinajstić information content (AvgIpc) is 2.53. The van der Waals surface area contributed by atoms with Gasteiger partial charge in [-0.05, 0) is 52.0 Å². The van der Waals surface area contributed by atoms with Crippen LogP contribution in [0, 0.1) is 11.8 Å². The second-order valence-corrected chi connectivity index (χ2v) is 7.39. The number of rotatable bonds is 1. The van der Waals surface area contributed by atoms with E-state index in [1.54, 1.807) is 12.0 Å². The smallest absolute Gasteiger partial charge is 0.410 e. The summed E-state index contributed by atoms with van der Waals surface area (Å²) < 4.78 is 11.2. The van der Waals surface area contributed by atoms with Crippen LogP contribution >= 0.6 is 0 Å². The maximum Gasteiger partial charge on any atom is 0.410 e. The molecule has 0 aromatic heterocycles. The first kappa shape index (κ1) is 17.9. The van der Waals surface area contributed by atoms with E-state index in [1.807, 2.05) is 20.8 Å². The Morgan fingerprint density at radius 2 is 1.96 bits per heavy atom. The van der Waals surface area contributed by atoms with Crippen molar-refractivity contribution in [3.05, 3.63) is 11.6 Å². The van der Waals surface area contributed by atoms with Gasteiger partial charge in [0.05, 0.1) is 0 Å². The van der Waals surface area contributed by atoms with E-state index in [0.717, 1.165) is 25.7 Å². The Hall–Kier alpha value is -1.47. The van der Waals surface area contributed by atoms with Crippen LogP contribution in [-0.4, -0.2) is 42.4 Å². The zero-order valence-electron chi connectivity index (χ0n) is 14.9. The van der Waals surface area contributed by atoms with Gasteiger partial charge in [0.15, 0.2) is 0 Å². The third-order valence-corrected chi connectivity index (χ3v) is 4.36. The Morgan fingerprint density at radius 1 is 1.26 bits per heavy atom. The minimum atomic E-state index is -0.458. The fraction of sp³-hybridized carbons (Fsp3) is 0.737. The van der Waals surface area contributed by atoms with Crippen LogP contribution in [0.3, 0.4) is 0 Å². The van der Waals surface area contributed by atoms with Gasteiger partial charge in [-0.15, -0.1) is 0 Å². The molecule has 128 valence electrons. The molecule has 0 aromatic rings. The molecule has 1 aliphatic heterocycles. The summed E-state index contributed by atoms with van der Waals surface area (Å²) in [6.07, 6.45) is 8.16. The lowest BCUT2D eigenvalue weighted by molar-refractivity contribution is -0.0251. The largest absolute Gasteiger partial charge is 0.444 e. The third kappa shape index (κ3) is 5.28. The van der Waals surface area contributed by atoms with Crippen molar-refractivity contribution in [3.8, 4) is 11.8 Å². The normalized spacial score (nSPS) is 21.0. The van der Waals surface area contributed by atoms with E-state index in [9.17, 15) is 4.79 Å². The lowest BCUT2D eigenvalue weighted by atomic mass is 9.90. The molecular formula is C19H29NO3. The van der Waals surface area contributed by atoms with E-state index >= 15 is 0 Å². The van der Waals surface area contributed by atoms with Gasteiger partial charge in [0.2, 0.25) is 0 Å². The van der Waals surface area contributed by atoms with Gasteiger partial charge in [-0.25, -0.2) is 4.79 Å². The molecule has 0 saturated carbocycles. The van der Waals surface area contributed by atoms with Gasteiger partial charge >= 0.3 is 6.09 Å². The average molecular weight is 319 g/mol. The van der Waals surface area contributed by atoms with Gasteiger partial charge in [-0.3, -0.25) is 0 Å². The van der Waals surface area contributed by atoms with Crippen LogP contribution in [0.1, 0.15) is 59.3 Å². The van der Waals surface area contributed by atoms with Crippen LogP contribution in [0.2, 0.25) is 0 Å². The molecule has 4 nitrogen and oxygen atoms in total. The fourth-order valence-electron chi connectivity index (χ4n) is 2.90. The lowest BCUT2D eigenvalue weighted by Gasteiger charge is -2.38. The van der Waals surface area contributed by atoms with E-state index in [4.69, 9.17) is 9.47 Å². The van der Waals surface area contributed by atoms with E-state index in [1.165, 1.54) is 18.4 Å². The highest BCUT2D eigenvalue weighted by atomic mass is 16.6. The van der Waals surface area contributed by atoms with Crippen LogP contribution in [0.25, 0.3) is 0 Å². The highest BCUT2D eigenvalue weighted by molar-refractivity contribution is 5.68. The van der Waals surface area contributed by atoms with Crippen molar-refractivity contribution in [2.75, 3.05) is 20.2 Å². The van der Waals surface area contributed by atoms with Crippen molar-refractivity contribution in [2.24, 2.45) is 0 Å². The number of nitrogens with zero attached hydrogens (tertiary/aromatic N) is 1. The predicted octanol–water partition coefficient (Wildman–Crippen LogP) is 3.91. The third-order valence-electron chi connectivity index (χ3n) is 4.36. The lowest BCUT2D eigenvalue weighted by Crippen LogP contribution is -2.48. The summed E-state index contributed by atoms with van der Waals surface area (Å²) in [6, 6.07) is 0. The van der Waals surface area contributed by atoms with Crippen LogP contribution in [-0.2, 0) is 9.47 Å². The zero-order valence-corrected chi connectivity index (χ0v) is 14.9. The molecule has 1 heterocycles. The van der Waals surface area contributed by atoms with Crippen molar-refractivity contribution >= 4 is 6.09 Å². The second-order valence-electron chi connectivity index (χ2n) is 7.39. The predicted molar refractivity (Wildman–Crippen MR) is 91.1 cm³/mol. The number of carbonyl (C=O) groups excluding carboxylic acids is 1. The van der Waals surface area contributed by atoms with Crippen LogP contribution in [0.5, 0.6) is 0 Å². The van der Waals surface area contributed by atoms with Crippen molar-refractivity contribution in [3.63, 3.8) is 0 Å².